The van der Waals surface area contributed by atoms with Gasteiger partial charge in [-0.25, -0.2) is 0 Å². The first kappa shape index (κ1) is 10.6. The molecule has 0 aliphatic heterocycles. The number of nitrogens with one attached hydrogen (secondary N) is 1. The molecule has 0 aromatic carbocycles. The van der Waals surface area contributed by atoms with Gasteiger partial charge in [-0.2, -0.15) is 10.2 Å². The first-order valence-corrected chi connectivity index (χ1v) is 5.95. The third kappa shape index (κ3) is 3.59. The van der Waals surface area contributed by atoms with Crippen LogP contribution in [0.1, 0.15) is 44.2 Å². The summed E-state index contributed by atoms with van der Waals surface area (Å²) in [7, 11) is 0. The first-order chi connectivity index (χ1) is 7.45. The molecule has 3 nitrogen and oxygen atoms in total. The smallest absolute Gasteiger partial charge is 0.0769 e. The highest BCUT2D eigenvalue weighted by atomic mass is 15.1. The van der Waals surface area contributed by atoms with E-state index < -0.39 is 0 Å². The Kier molecular flexibility index (Phi) is 4.09. The van der Waals surface area contributed by atoms with Crippen LogP contribution >= 0.6 is 0 Å². The molecule has 1 aromatic heterocycles. The van der Waals surface area contributed by atoms with Crippen molar-refractivity contribution in [1.29, 1.82) is 0 Å². The number of aromatic nitrogens is 2. The number of hydrogen-bond acceptors (Lipinski definition) is 3. The Morgan fingerprint density at radius 1 is 1.20 bits per heavy atom. The van der Waals surface area contributed by atoms with Crippen molar-refractivity contribution in [1.82, 2.24) is 15.5 Å². The fourth-order valence-electron chi connectivity index (χ4n) is 2.16. The molecule has 0 radical (unpaired) electrons. The molecule has 0 atom stereocenters. The van der Waals surface area contributed by atoms with E-state index in [0.29, 0.717) is 6.04 Å². The largest absolute Gasteiger partial charge is 0.308 e. The molecule has 1 fully saturated rings. The summed E-state index contributed by atoms with van der Waals surface area (Å²) < 4.78 is 0. The van der Waals surface area contributed by atoms with Gasteiger partial charge in [0.2, 0.25) is 0 Å². The summed E-state index contributed by atoms with van der Waals surface area (Å²) in [4.78, 5) is 0. The summed E-state index contributed by atoms with van der Waals surface area (Å²) in [6.07, 6.45) is 9.92. The van der Waals surface area contributed by atoms with Crippen LogP contribution in [0.5, 0.6) is 0 Å². The second-order valence-corrected chi connectivity index (χ2v) is 4.28. The van der Waals surface area contributed by atoms with Gasteiger partial charge in [0.15, 0.2) is 0 Å². The van der Waals surface area contributed by atoms with Gasteiger partial charge in [-0.15, -0.1) is 0 Å². The van der Waals surface area contributed by atoms with Gasteiger partial charge in [-0.05, 0) is 25.0 Å². The Hall–Kier alpha value is -0.960. The molecule has 0 unspecified atom stereocenters. The molecule has 15 heavy (non-hydrogen) atoms. The van der Waals surface area contributed by atoms with Gasteiger partial charge in [-0.1, -0.05) is 25.7 Å². The quantitative estimate of drug-likeness (QED) is 0.769. The maximum atomic E-state index is 4.07. The fourth-order valence-corrected chi connectivity index (χ4v) is 2.16. The van der Waals surface area contributed by atoms with Crippen molar-refractivity contribution in [3.8, 4) is 0 Å². The zero-order chi connectivity index (χ0) is 10.3. The minimum atomic E-state index is 0.689. The van der Waals surface area contributed by atoms with E-state index in [1.807, 2.05) is 12.1 Å². The highest BCUT2D eigenvalue weighted by molar-refractivity contribution is 4.98. The van der Waals surface area contributed by atoms with Crippen molar-refractivity contribution >= 4 is 0 Å². The third-order valence-corrected chi connectivity index (χ3v) is 3.05. The lowest BCUT2D eigenvalue weighted by Crippen LogP contribution is -2.28. The van der Waals surface area contributed by atoms with Crippen LogP contribution in [0, 0.1) is 0 Å². The zero-order valence-electron chi connectivity index (χ0n) is 9.15. The Morgan fingerprint density at radius 3 is 2.67 bits per heavy atom. The molecule has 1 aliphatic rings. The molecule has 1 saturated carbocycles. The standard InChI is InChI=1S/C12H19N3/c1-2-4-7-11(6-3-1)13-10-12-8-5-9-14-15-12/h5,8-9,11,13H,1-4,6-7,10H2. The van der Waals surface area contributed by atoms with Gasteiger partial charge >= 0.3 is 0 Å². The Bertz CT molecular complexity index is 265. The average molecular weight is 205 g/mol. The molecule has 82 valence electrons. The van der Waals surface area contributed by atoms with Gasteiger partial charge in [0.25, 0.3) is 0 Å². The molecule has 0 spiro atoms. The number of rotatable bonds is 3. The minimum absolute atomic E-state index is 0.689. The van der Waals surface area contributed by atoms with Gasteiger partial charge in [0, 0.05) is 18.8 Å². The van der Waals surface area contributed by atoms with E-state index in [9.17, 15) is 0 Å². The van der Waals surface area contributed by atoms with E-state index in [2.05, 4.69) is 15.5 Å². The molecule has 3 heteroatoms. The second-order valence-electron chi connectivity index (χ2n) is 4.28. The maximum Gasteiger partial charge on any atom is 0.0769 e. The predicted molar refractivity (Wildman–Crippen MR) is 60.4 cm³/mol. The average Bonchev–Trinajstić information content (AvgIpc) is 2.56. The van der Waals surface area contributed by atoms with Crippen molar-refractivity contribution in [2.45, 2.75) is 51.1 Å². The molecular weight excluding hydrogens is 186 g/mol. The molecule has 1 aliphatic carbocycles. The zero-order valence-corrected chi connectivity index (χ0v) is 9.15. The van der Waals surface area contributed by atoms with Crippen LogP contribution in [0.3, 0.4) is 0 Å². The molecule has 0 saturated heterocycles. The van der Waals surface area contributed by atoms with Crippen molar-refractivity contribution in [2.75, 3.05) is 0 Å². The van der Waals surface area contributed by atoms with Crippen LogP contribution in [0.25, 0.3) is 0 Å². The molecule has 1 aromatic rings. The normalized spacial score (nSPS) is 18.7. The monoisotopic (exact) mass is 205 g/mol. The van der Waals surface area contributed by atoms with E-state index >= 15 is 0 Å². The predicted octanol–water partition coefficient (Wildman–Crippen LogP) is 2.29. The lowest BCUT2D eigenvalue weighted by molar-refractivity contribution is 0.455. The van der Waals surface area contributed by atoms with Crippen molar-refractivity contribution in [3.05, 3.63) is 24.0 Å². The van der Waals surface area contributed by atoms with Crippen LogP contribution < -0.4 is 5.32 Å². The fraction of sp³-hybridized carbons (Fsp3) is 0.667. The maximum absolute atomic E-state index is 4.07. The third-order valence-electron chi connectivity index (χ3n) is 3.05. The summed E-state index contributed by atoms with van der Waals surface area (Å²) >= 11 is 0. The molecule has 0 amide bonds. The van der Waals surface area contributed by atoms with E-state index in [1.165, 1.54) is 38.5 Å². The molecule has 0 bridgehead atoms. The van der Waals surface area contributed by atoms with E-state index in [0.717, 1.165) is 12.2 Å². The van der Waals surface area contributed by atoms with E-state index in [4.69, 9.17) is 0 Å². The van der Waals surface area contributed by atoms with Crippen LogP contribution in [-0.2, 0) is 6.54 Å². The Balaban J connectivity index is 1.77. The molecular formula is C12H19N3. The summed E-state index contributed by atoms with van der Waals surface area (Å²) in [6, 6.07) is 4.66. The Morgan fingerprint density at radius 2 is 2.00 bits per heavy atom. The lowest BCUT2D eigenvalue weighted by Gasteiger charge is -2.15. The minimum Gasteiger partial charge on any atom is -0.308 e. The van der Waals surface area contributed by atoms with Crippen LogP contribution in [0.2, 0.25) is 0 Å². The molecule has 2 rings (SSSR count). The van der Waals surface area contributed by atoms with Crippen molar-refractivity contribution in [3.63, 3.8) is 0 Å². The summed E-state index contributed by atoms with van der Waals surface area (Å²) in [6.45, 7) is 0.860. The van der Waals surface area contributed by atoms with Crippen molar-refractivity contribution < 1.29 is 0 Å². The number of nitrogens with zero attached hydrogens (tertiary/aromatic N) is 2. The van der Waals surface area contributed by atoms with Crippen LogP contribution in [-0.4, -0.2) is 16.2 Å². The molecule has 1 heterocycles. The topological polar surface area (TPSA) is 37.8 Å². The Labute approximate surface area is 91.3 Å². The van der Waals surface area contributed by atoms with E-state index in [1.54, 1.807) is 6.20 Å². The highest BCUT2D eigenvalue weighted by Gasteiger charge is 2.11. The first-order valence-electron chi connectivity index (χ1n) is 5.95. The van der Waals surface area contributed by atoms with Gasteiger partial charge in [0.05, 0.1) is 5.69 Å². The molecule has 1 N–H and O–H groups in total. The van der Waals surface area contributed by atoms with Crippen LogP contribution in [0.4, 0.5) is 0 Å². The highest BCUT2D eigenvalue weighted by Crippen LogP contribution is 2.17. The van der Waals surface area contributed by atoms with Crippen LogP contribution in [0.15, 0.2) is 18.3 Å². The number of hydrogen-bond donors (Lipinski definition) is 1. The van der Waals surface area contributed by atoms with Crippen molar-refractivity contribution in [2.24, 2.45) is 0 Å². The van der Waals surface area contributed by atoms with Gasteiger partial charge in [-0.3, -0.25) is 0 Å². The van der Waals surface area contributed by atoms with E-state index in [-0.39, 0.29) is 0 Å². The summed E-state index contributed by atoms with van der Waals surface area (Å²) in [5.41, 5.74) is 1.04. The second kappa shape index (κ2) is 5.81. The van der Waals surface area contributed by atoms with Gasteiger partial charge in [0.1, 0.15) is 0 Å². The summed E-state index contributed by atoms with van der Waals surface area (Å²) in [5, 5.41) is 11.5. The summed E-state index contributed by atoms with van der Waals surface area (Å²) in [5.74, 6) is 0. The van der Waals surface area contributed by atoms with Gasteiger partial charge < -0.3 is 5.32 Å². The SMILES string of the molecule is c1cnnc(CNC2CCCCCC2)c1. The lowest BCUT2D eigenvalue weighted by atomic mass is 10.1.